The van der Waals surface area contributed by atoms with Gasteiger partial charge in [-0.25, -0.2) is 0 Å². The topological polar surface area (TPSA) is 73.3 Å². The van der Waals surface area contributed by atoms with Gasteiger partial charge in [0, 0.05) is 31.3 Å². The van der Waals surface area contributed by atoms with Gasteiger partial charge in [-0.2, -0.15) is 0 Å². The van der Waals surface area contributed by atoms with Gasteiger partial charge in [-0.05, 0) is 31.2 Å². The van der Waals surface area contributed by atoms with Gasteiger partial charge in [0.1, 0.15) is 29.1 Å². The molecule has 28 heavy (non-hydrogen) atoms. The highest BCUT2D eigenvalue weighted by molar-refractivity contribution is 5.79. The number of ether oxygens (including phenoxy) is 4. The molecular formula is C21H29N3O4. The van der Waals surface area contributed by atoms with Crippen molar-refractivity contribution in [2.24, 2.45) is 4.99 Å². The summed E-state index contributed by atoms with van der Waals surface area (Å²) in [5.74, 6) is 3.73. The molecule has 0 saturated heterocycles. The first-order valence-electron chi connectivity index (χ1n) is 9.05. The summed E-state index contributed by atoms with van der Waals surface area (Å²) in [5.41, 5.74) is 1.01. The van der Waals surface area contributed by atoms with Crippen molar-refractivity contribution < 1.29 is 18.9 Å². The van der Waals surface area contributed by atoms with E-state index in [1.807, 2.05) is 49.4 Å². The Kier molecular flexibility index (Phi) is 8.27. The Labute approximate surface area is 166 Å². The fourth-order valence-corrected chi connectivity index (χ4v) is 2.59. The smallest absolute Gasteiger partial charge is 0.191 e. The minimum Gasteiger partial charge on any atom is -0.497 e. The lowest BCUT2D eigenvalue weighted by Gasteiger charge is -2.18. The minimum atomic E-state index is -0.0545. The molecule has 0 heterocycles. The number of hydrogen-bond donors (Lipinski definition) is 2. The van der Waals surface area contributed by atoms with Crippen LogP contribution in [0.3, 0.4) is 0 Å². The highest BCUT2D eigenvalue weighted by Gasteiger charge is 2.09. The van der Waals surface area contributed by atoms with E-state index >= 15 is 0 Å². The lowest BCUT2D eigenvalue weighted by atomic mass is 10.2. The van der Waals surface area contributed by atoms with Crippen LogP contribution >= 0.6 is 0 Å². The van der Waals surface area contributed by atoms with Crippen LogP contribution < -0.4 is 29.6 Å². The molecule has 1 unspecified atom stereocenters. The van der Waals surface area contributed by atoms with Crippen molar-refractivity contribution in [1.82, 2.24) is 10.6 Å². The third-order valence-corrected chi connectivity index (χ3v) is 4.10. The number of nitrogens with zero attached hydrogens (tertiary/aromatic N) is 1. The van der Waals surface area contributed by atoms with Crippen molar-refractivity contribution in [3.8, 4) is 23.0 Å². The first-order valence-corrected chi connectivity index (χ1v) is 9.05. The lowest BCUT2D eigenvalue weighted by molar-refractivity contribution is 0.223. The molecule has 152 valence electrons. The first-order chi connectivity index (χ1) is 13.6. The number of rotatable bonds is 9. The molecule has 0 aliphatic rings. The first kappa shape index (κ1) is 21.2. The molecule has 2 N–H and O–H groups in total. The second-order valence-corrected chi connectivity index (χ2v) is 6.09. The largest absolute Gasteiger partial charge is 0.497 e. The number of guanidine groups is 1. The Morgan fingerprint density at radius 3 is 2.32 bits per heavy atom. The van der Waals surface area contributed by atoms with Crippen LogP contribution in [-0.2, 0) is 6.54 Å². The Balaban J connectivity index is 1.85. The van der Waals surface area contributed by atoms with Gasteiger partial charge in [0.05, 0.1) is 27.9 Å². The Morgan fingerprint density at radius 1 is 0.929 bits per heavy atom. The van der Waals surface area contributed by atoms with Crippen LogP contribution in [-0.4, -0.2) is 47.0 Å². The highest BCUT2D eigenvalue weighted by atomic mass is 16.5. The number of aliphatic imine (C=N–C) groups is 1. The molecule has 0 aliphatic carbocycles. The third kappa shape index (κ3) is 6.26. The minimum absolute atomic E-state index is 0.0545. The van der Waals surface area contributed by atoms with E-state index in [1.54, 1.807) is 28.4 Å². The predicted molar refractivity (Wildman–Crippen MR) is 111 cm³/mol. The van der Waals surface area contributed by atoms with Gasteiger partial charge in [0.15, 0.2) is 5.96 Å². The van der Waals surface area contributed by atoms with Crippen molar-refractivity contribution in [2.75, 3.05) is 34.9 Å². The summed E-state index contributed by atoms with van der Waals surface area (Å²) in [4.78, 5) is 4.25. The summed E-state index contributed by atoms with van der Waals surface area (Å²) in [6.45, 7) is 3.15. The van der Waals surface area contributed by atoms with Crippen LogP contribution in [0.5, 0.6) is 23.0 Å². The zero-order valence-corrected chi connectivity index (χ0v) is 17.1. The average molecular weight is 387 g/mol. The number of nitrogens with one attached hydrogen (secondary N) is 2. The molecule has 0 saturated carbocycles. The summed E-state index contributed by atoms with van der Waals surface area (Å²) in [5, 5.41) is 6.54. The van der Waals surface area contributed by atoms with Gasteiger partial charge in [-0.3, -0.25) is 4.99 Å². The van der Waals surface area contributed by atoms with E-state index in [2.05, 4.69) is 15.6 Å². The summed E-state index contributed by atoms with van der Waals surface area (Å²) in [7, 11) is 6.64. The Bertz CT molecular complexity index is 780. The van der Waals surface area contributed by atoms with Crippen LogP contribution in [0.2, 0.25) is 0 Å². The van der Waals surface area contributed by atoms with Gasteiger partial charge in [-0.1, -0.05) is 6.07 Å². The summed E-state index contributed by atoms with van der Waals surface area (Å²) in [6, 6.07) is 13.3. The number of benzene rings is 2. The van der Waals surface area contributed by atoms with Crippen LogP contribution in [0.15, 0.2) is 47.5 Å². The maximum atomic E-state index is 5.92. The standard InChI is InChI=1S/C21H29N3O4/c1-15(28-19-8-6-7-17(11-19)25-3)13-23-21(22-2)24-14-16-9-10-18(26-4)12-20(16)27-5/h6-12,15H,13-14H2,1-5H3,(H2,22,23,24). The molecule has 2 rings (SSSR count). The molecule has 1 atom stereocenters. The van der Waals surface area contributed by atoms with Gasteiger partial charge >= 0.3 is 0 Å². The number of methoxy groups -OCH3 is 3. The molecule has 7 nitrogen and oxygen atoms in total. The van der Waals surface area contributed by atoms with Crippen molar-refractivity contribution in [3.63, 3.8) is 0 Å². The summed E-state index contributed by atoms with van der Waals surface area (Å²) < 4.78 is 21.8. The molecule has 0 bridgehead atoms. The SMILES string of the molecule is CN=C(NCc1ccc(OC)cc1OC)NCC(C)Oc1cccc(OC)c1. The van der Waals surface area contributed by atoms with E-state index in [0.29, 0.717) is 19.0 Å². The van der Waals surface area contributed by atoms with Crippen LogP contribution in [0.25, 0.3) is 0 Å². The van der Waals surface area contributed by atoms with Gasteiger partial charge in [0.25, 0.3) is 0 Å². The van der Waals surface area contributed by atoms with E-state index in [0.717, 1.165) is 28.6 Å². The van der Waals surface area contributed by atoms with Crippen LogP contribution in [0.1, 0.15) is 12.5 Å². The van der Waals surface area contributed by atoms with Crippen molar-refractivity contribution in [3.05, 3.63) is 48.0 Å². The fraction of sp³-hybridized carbons (Fsp3) is 0.381. The second kappa shape index (κ2) is 10.9. The second-order valence-electron chi connectivity index (χ2n) is 6.09. The van der Waals surface area contributed by atoms with E-state index in [-0.39, 0.29) is 6.10 Å². The van der Waals surface area contributed by atoms with E-state index in [9.17, 15) is 0 Å². The quantitative estimate of drug-likeness (QED) is 0.509. The normalized spacial score (nSPS) is 12.1. The lowest BCUT2D eigenvalue weighted by Crippen LogP contribution is -2.41. The summed E-state index contributed by atoms with van der Waals surface area (Å²) in [6.07, 6.45) is -0.0545. The fourth-order valence-electron chi connectivity index (χ4n) is 2.59. The zero-order valence-electron chi connectivity index (χ0n) is 17.1. The maximum absolute atomic E-state index is 5.92. The molecule has 0 aromatic heterocycles. The molecule has 0 radical (unpaired) electrons. The molecule has 0 amide bonds. The number of hydrogen-bond acceptors (Lipinski definition) is 5. The molecule has 0 spiro atoms. The molecular weight excluding hydrogens is 358 g/mol. The van der Waals surface area contributed by atoms with Crippen molar-refractivity contribution in [1.29, 1.82) is 0 Å². The molecule has 2 aromatic carbocycles. The van der Waals surface area contributed by atoms with E-state index < -0.39 is 0 Å². The Hall–Kier alpha value is -3.09. The molecule has 2 aromatic rings. The third-order valence-electron chi connectivity index (χ3n) is 4.10. The van der Waals surface area contributed by atoms with E-state index in [4.69, 9.17) is 18.9 Å². The van der Waals surface area contributed by atoms with Crippen molar-refractivity contribution in [2.45, 2.75) is 19.6 Å². The zero-order chi connectivity index (χ0) is 20.4. The van der Waals surface area contributed by atoms with Gasteiger partial charge in [0.2, 0.25) is 0 Å². The van der Waals surface area contributed by atoms with Gasteiger partial charge < -0.3 is 29.6 Å². The highest BCUT2D eigenvalue weighted by Crippen LogP contribution is 2.24. The van der Waals surface area contributed by atoms with Gasteiger partial charge in [-0.15, -0.1) is 0 Å². The monoisotopic (exact) mass is 387 g/mol. The maximum Gasteiger partial charge on any atom is 0.191 e. The van der Waals surface area contributed by atoms with E-state index in [1.165, 1.54) is 0 Å². The Morgan fingerprint density at radius 2 is 1.64 bits per heavy atom. The predicted octanol–water partition coefficient (Wildman–Crippen LogP) is 2.84. The molecule has 7 heteroatoms. The summed E-state index contributed by atoms with van der Waals surface area (Å²) >= 11 is 0. The average Bonchev–Trinajstić information content (AvgIpc) is 2.73. The van der Waals surface area contributed by atoms with Crippen LogP contribution in [0.4, 0.5) is 0 Å². The van der Waals surface area contributed by atoms with Crippen LogP contribution in [0, 0.1) is 0 Å². The van der Waals surface area contributed by atoms with Crippen molar-refractivity contribution >= 4 is 5.96 Å². The molecule has 0 aliphatic heterocycles. The molecule has 0 fully saturated rings.